The number of rotatable bonds is 1. The number of fused-ring (bicyclic) bond motifs is 1. The van der Waals surface area contributed by atoms with Gasteiger partial charge in [-0.3, -0.25) is 0 Å². The lowest BCUT2D eigenvalue weighted by Crippen LogP contribution is -2.26. The van der Waals surface area contributed by atoms with Crippen LogP contribution in [0.4, 0.5) is 4.39 Å². The molecule has 14 heavy (non-hydrogen) atoms. The normalized spacial score (nSPS) is 10.9. The minimum atomic E-state index is -1.52. The number of thiophene rings is 1. The van der Waals surface area contributed by atoms with Crippen LogP contribution in [-0.2, 0) is 0 Å². The van der Waals surface area contributed by atoms with Crippen molar-refractivity contribution in [2.45, 2.75) is 0 Å². The quantitative estimate of drug-likeness (QED) is 0.614. The molecule has 0 aliphatic rings. The van der Waals surface area contributed by atoms with E-state index in [1.165, 1.54) is 0 Å². The lowest BCUT2D eigenvalue weighted by atomic mass is 9.89. The van der Waals surface area contributed by atoms with Crippen LogP contribution >= 0.6 is 33.9 Å². The summed E-state index contributed by atoms with van der Waals surface area (Å²) in [6.45, 7) is 0. The summed E-state index contributed by atoms with van der Waals surface area (Å²) in [6.07, 6.45) is 0. The molecule has 2 nitrogen and oxygen atoms in total. The fourth-order valence-corrected chi connectivity index (χ4v) is 2.80. The zero-order valence-electron chi connectivity index (χ0n) is 6.87. The van der Waals surface area contributed by atoms with Crippen LogP contribution in [-0.4, -0.2) is 17.2 Å². The molecule has 0 aliphatic carbocycles. The maximum absolute atomic E-state index is 13.5. The summed E-state index contributed by atoms with van der Waals surface area (Å²) in [6, 6.07) is 5.02. The molecule has 2 N–H and O–H groups in total. The standard InChI is InChI=1S/C8H5BFIO2S/c10-7-5(11)2-1-4-3-6(9(12)13)14-8(4)7/h1-3,12-13H. The van der Waals surface area contributed by atoms with E-state index in [1.807, 2.05) is 22.6 Å². The fourth-order valence-electron chi connectivity index (χ4n) is 1.19. The molecule has 0 saturated carbocycles. The van der Waals surface area contributed by atoms with Gasteiger partial charge < -0.3 is 10.0 Å². The van der Waals surface area contributed by atoms with Crippen LogP contribution in [0.2, 0.25) is 0 Å². The van der Waals surface area contributed by atoms with Gasteiger partial charge in [0.15, 0.2) is 5.82 Å². The molecule has 2 rings (SSSR count). The second-order valence-electron chi connectivity index (χ2n) is 2.80. The van der Waals surface area contributed by atoms with Gasteiger partial charge in [0.2, 0.25) is 0 Å². The van der Waals surface area contributed by atoms with Crippen molar-refractivity contribution in [2.75, 3.05) is 0 Å². The van der Waals surface area contributed by atoms with Gasteiger partial charge >= 0.3 is 7.12 Å². The van der Waals surface area contributed by atoms with E-state index in [1.54, 1.807) is 18.2 Å². The molecule has 0 aliphatic heterocycles. The van der Waals surface area contributed by atoms with Crippen molar-refractivity contribution in [3.05, 3.63) is 27.6 Å². The van der Waals surface area contributed by atoms with Crippen LogP contribution in [0.25, 0.3) is 10.1 Å². The van der Waals surface area contributed by atoms with Gasteiger partial charge in [-0.25, -0.2) is 4.39 Å². The van der Waals surface area contributed by atoms with Gasteiger partial charge in [-0.1, -0.05) is 6.07 Å². The van der Waals surface area contributed by atoms with Crippen molar-refractivity contribution in [1.29, 1.82) is 0 Å². The first kappa shape index (κ1) is 10.3. The van der Waals surface area contributed by atoms with Gasteiger partial charge in [-0.15, -0.1) is 11.3 Å². The molecular formula is C8H5BFIO2S. The monoisotopic (exact) mass is 322 g/mol. The minimum Gasteiger partial charge on any atom is -0.423 e. The van der Waals surface area contributed by atoms with Crippen molar-refractivity contribution in [1.82, 2.24) is 0 Å². The zero-order valence-corrected chi connectivity index (χ0v) is 9.84. The predicted molar refractivity (Wildman–Crippen MR) is 64.3 cm³/mol. The van der Waals surface area contributed by atoms with Crippen LogP contribution in [0.15, 0.2) is 18.2 Å². The van der Waals surface area contributed by atoms with Crippen LogP contribution in [0.1, 0.15) is 0 Å². The fraction of sp³-hybridized carbons (Fsp3) is 0. The van der Waals surface area contributed by atoms with Crippen LogP contribution in [0.3, 0.4) is 0 Å². The Morgan fingerprint density at radius 1 is 1.36 bits per heavy atom. The highest BCUT2D eigenvalue weighted by molar-refractivity contribution is 14.1. The van der Waals surface area contributed by atoms with Gasteiger partial charge in [0.25, 0.3) is 0 Å². The molecule has 0 fully saturated rings. The first-order chi connectivity index (χ1) is 6.59. The van der Waals surface area contributed by atoms with Crippen LogP contribution < -0.4 is 4.78 Å². The SMILES string of the molecule is OB(O)c1cc2ccc(I)c(F)c2s1. The van der Waals surface area contributed by atoms with Gasteiger partial charge in [-0.05, 0) is 40.1 Å². The van der Waals surface area contributed by atoms with E-state index in [0.717, 1.165) is 11.3 Å². The van der Waals surface area contributed by atoms with Gasteiger partial charge in [-0.2, -0.15) is 0 Å². The summed E-state index contributed by atoms with van der Waals surface area (Å²) in [4.78, 5) is 0. The summed E-state index contributed by atoms with van der Waals surface area (Å²) in [5.41, 5.74) is 0. The van der Waals surface area contributed by atoms with E-state index in [2.05, 4.69) is 0 Å². The highest BCUT2D eigenvalue weighted by atomic mass is 127. The van der Waals surface area contributed by atoms with E-state index in [9.17, 15) is 4.39 Å². The number of benzene rings is 1. The molecule has 1 aromatic heterocycles. The summed E-state index contributed by atoms with van der Waals surface area (Å²) < 4.78 is 14.9. The Kier molecular flexibility index (Phi) is 2.78. The van der Waals surface area contributed by atoms with Gasteiger partial charge in [0.05, 0.1) is 8.27 Å². The molecule has 0 unspecified atom stereocenters. The van der Waals surface area contributed by atoms with E-state index >= 15 is 0 Å². The highest BCUT2D eigenvalue weighted by Gasteiger charge is 2.17. The molecular weight excluding hydrogens is 317 g/mol. The average molecular weight is 322 g/mol. The Hall–Kier alpha value is -0.175. The van der Waals surface area contributed by atoms with E-state index in [0.29, 0.717) is 18.4 Å². The highest BCUT2D eigenvalue weighted by Crippen LogP contribution is 2.25. The molecule has 1 heterocycles. The minimum absolute atomic E-state index is 0.292. The van der Waals surface area contributed by atoms with Crippen LogP contribution in [0, 0.1) is 9.39 Å². The molecule has 0 spiro atoms. The molecule has 0 bridgehead atoms. The molecule has 0 amide bonds. The largest absolute Gasteiger partial charge is 0.499 e. The van der Waals surface area contributed by atoms with Crippen LogP contribution in [0.5, 0.6) is 0 Å². The summed E-state index contributed by atoms with van der Waals surface area (Å²) in [7, 11) is -1.52. The maximum Gasteiger partial charge on any atom is 0.499 e. The molecule has 72 valence electrons. The average Bonchev–Trinajstić information content (AvgIpc) is 2.56. The first-order valence-corrected chi connectivity index (χ1v) is 5.72. The van der Waals surface area contributed by atoms with Crippen molar-refractivity contribution in [2.24, 2.45) is 0 Å². The number of hydrogen-bond donors (Lipinski definition) is 2. The van der Waals surface area contributed by atoms with Crippen molar-refractivity contribution >= 4 is 55.9 Å². The summed E-state index contributed by atoms with van der Waals surface area (Å²) in [5, 5.41) is 18.6. The second kappa shape index (κ2) is 3.76. The van der Waals surface area contributed by atoms with Crippen molar-refractivity contribution in [3.63, 3.8) is 0 Å². The van der Waals surface area contributed by atoms with E-state index in [4.69, 9.17) is 10.0 Å². The molecule has 1 aromatic carbocycles. The van der Waals surface area contributed by atoms with Crippen molar-refractivity contribution in [3.8, 4) is 0 Å². The van der Waals surface area contributed by atoms with Gasteiger partial charge in [0.1, 0.15) is 0 Å². The smallest absolute Gasteiger partial charge is 0.423 e. The maximum atomic E-state index is 13.5. The number of hydrogen-bond acceptors (Lipinski definition) is 3. The third-order valence-corrected chi connectivity index (χ3v) is 3.87. The van der Waals surface area contributed by atoms with Gasteiger partial charge in [0, 0.05) is 4.78 Å². The molecule has 0 saturated heterocycles. The Labute approximate surface area is 97.7 Å². The summed E-state index contributed by atoms with van der Waals surface area (Å²) >= 11 is 2.97. The Bertz CT molecular complexity index is 485. The first-order valence-electron chi connectivity index (χ1n) is 3.83. The molecule has 0 atom stereocenters. The third kappa shape index (κ3) is 1.67. The third-order valence-electron chi connectivity index (χ3n) is 1.85. The van der Waals surface area contributed by atoms with E-state index in [-0.39, 0.29) is 5.82 Å². The Morgan fingerprint density at radius 3 is 2.71 bits per heavy atom. The number of halogens is 2. The Morgan fingerprint density at radius 2 is 2.07 bits per heavy atom. The molecule has 2 aromatic rings. The Balaban J connectivity index is 2.71. The second-order valence-corrected chi connectivity index (χ2v) is 5.05. The zero-order chi connectivity index (χ0) is 10.3. The van der Waals surface area contributed by atoms with E-state index < -0.39 is 7.12 Å². The topological polar surface area (TPSA) is 40.5 Å². The predicted octanol–water partition coefficient (Wildman–Crippen LogP) is 1.32. The summed E-state index contributed by atoms with van der Waals surface area (Å²) in [5.74, 6) is -0.292. The lowest BCUT2D eigenvalue weighted by molar-refractivity contribution is 0.427. The molecule has 6 heteroatoms. The lowest BCUT2D eigenvalue weighted by Gasteiger charge is -1.93. The molecule has 0 radical (unpaired) electrons. The van der Waals surface area contributed by atoms with Crippen molar-refractivity contribution < 1.29 is 14.4 Å².